The summed E-state index contributed by atoms with van der Waals surface area (Å²) in [6, 6.07) is 18.2. The number of rotatable bonds is 6. The monoisotopic (exact) mass is 362 g/mol. The molecule has 3 N–H and O–H groups in total. The van der Waals surface area contributed by atoms with Crippen LogP contribution in [0.1, 0.15) is 21.5 Å². The van der Waals surface area contributed by atoms with Crippen LogP contribution in [0.2, 0.25) is 0 Å². The third kappa shape index (κ3) is 4.67. The summed E-state index contributed by atoms with van der Waals surface area (Å²) in [6.07, 6.45) is 2.65. The zero-order chi connectivity index (χ0) is 19.2. The highest BCUT2D eigenvalue weighted by atomic mass is 16.5. The molecule has 0 fully saturated rings. The van der Waals surface area contributed by atoms with Crippen LogP contribution >= 0.6 is 0 Å². The molecule has 0 spiro atoms. The Morgan fingerprint density at radius 2 is 1.67 bits per heavy atom. The van der Waals surface area contributed by atoms with Gasteiger partial charge in [0.05, 0.1) is 5.56 Å². The van der Waals surface area contributed by atoms with Crippen LogP contribution in [0.15, 0.2) is 72.8 Å². The van der Waals surface area contributed by atoms with Gasteiger partial charge in [0.2, 0.25) is 0 Å². The molecule has 136 valence electrons. The summed E-state index contributed by atoms with van der Waals surface area (Å²) in [4.78, 5) is 12.3. The zero-order valence-electron chi connectivity index (χ0n) is 14.4. The first kappa shape index (κ1) is 18.1. The van der Waals surface area contributed by atoms with Crippen molar-refractivity contribution >= 4 is 11.9 Å². The van der Waals surface area contributed by atoms with Crippen molar-refractivity contribution in [2.75, 3.05) is 0 Å². The van der Waals surface area contributed by atoms with Crippen molar-refractivity contribution in [3.63, 3.8) is 0 Å². The third-order valence-corrected chi connectivity index (χ3v) is 3.91. The largest absolute Gasteiger partial charge is 0.508 e. The zero-order valence-corrected chi connectivity index (χ0v) is 14.4. The number of benzene rings is 3. The van der Waals surface area contributed by atoms with Crippen molar-refractivity contribution < 1.29 is 24.9 Å². The van der Waals surface area contributed by atoms with Crippen LogP contribution in [0.5, 0.6) is 23.0 Å². The maximum Gasteiger partial charge on any atom is 0.189 e. The minimum atomic E-state index is -0.422. The van der Waals surface area contributed by atoms with E-state index in [1.807, 2.05) is 30.3 Å². The first-order valence-electron chi connectivity index (χ1n) is 8.27. The molecule has 0 amide bonds. The lowest BCUT2D eigenvalue weighted by Crippen LogP contribution is -1.98. The average Bonchev–Trinajstić information content (AvgIpc) is 2.66. The van der Waals surface area contributed by atoms with E-state index in [4.69, 9.17) is 4.74 Å². The average molecular weight is 362 g/mol. The number of allylic oxidation sites excluding steroid dienone is 1. The number of hydrogen-bond acceptors (Lipinski definition) is 5. The Hall–Kier alpha value is -3.73. The molecule has 5 nitrogen and oxygen atoms in total. The standard InChI is InChI=1S/C22H18O5/c23-17-8-6-16(21(25)12-17)7-11-20(24)19-10-9-18(13-22(19)26)27-14-15-4-2-1-3-5-15/h1-13,23,25-26H,14H2. The normalized spacial score (nSPS) is 10.8. The summed E-state index contributed by atoms with van der Waals surface area (Å²) in [5, 5.41) is 29.1. The Kier molecular flexibility index (Phi) is 5.42. The molecule has 0 unspecified atom stereocenters. The second-order valence-electron chi connectivity index (χ2n) is 5.89. The Bertz CT molecular complexity index is 977. The van der Waals surface area contributed by atoms with Gasteiger partial charge < -0.3 is 20.1 Å². The van der Waals surface area contributed by atoms with Crippen molar-refractivity contribution in [2.45, 2.75) is 6.61 Å². The van der Waals surface area contributed by atoms with E-state index < -0.39 is 5.78 Å². The highest BCUT2D eigenvalue weighted by molar-refractivity contribution is 6.08. The number of ether oxygens (including phenoxy) is 1. The maximum absolute atomic E-state index is 12.3. The number of phenolic OH excluding ortho intramolecular Hbond substituents is 3. The van der Waals surface area contributed by atoms with E-state index in [1.165, 1.54) is 42.5 Å². The molecule has 27 heavy (non-hydrogen) atoms. The minimum absolute atomic E-state index is 0.0697. The Labute approximate surface area is 156 Å². The van der Waals surface area contributed by atoms with Gasteiger partial charge in [-0.1, -0.05) is 30.3 Å². The first-order chi connectivity index (χ1) is 13.0. The second-order valence-corrected chi connectivity index (χ2v) is 5.89. The number of carbonyl (C=O) groups excluding carboxylic acids is 1. The van der Waals surface area contributed by atoms with Crippen LogP contribution in [0.4, 0.5) is 0 Å². The van der Waals surface area contributed by atoms with Crippen molar-refractivity contribution in [1.29, 1.82) is 0 Å². The van der Waals surface area contributed by atoms with Gasteiger partial charge in [-0.15, -0.1) is 0 Å². The van der Waals surface area contributed by atoms with Crippen LogP contribution in [0.3, 0.4) is 0 Å². The van der Waals surface area contributed by atoms with E-state index in [2.05, 4.69) is 0 Å². The Morgan fingerprint density at radius 1 is 0.889 bits per heavy atom. The SMILES string of the molecule is O=C(C=Cc1ccc(O)cc1O)c1ccc(OCc2ccccc2)cc1O. The van der Waals surface area contributed by atoms with Crippen molar-refractivity contribution in [3.8, 4) is 23.0 Å². The number of carbonyl (C=O) groups is 1. The molecule has 0 radical (unpaired) electrons. The van der Waals surface area contributed by atoms with E-state index in [-0.39, 0.29) is 22.8 Å². The Morgan fingerprint density at radius 3 is 2.37 bits per heavy atom. The fourth-order valence-electron chi connectivity index (χ4n) is 2.48. The van der Waals surface area contributed by atoms with E-state index in [1.54, 1.807) is 6.07 Å². The predicted molar refractivity (Wildman–Crippen MR) is 102 cm³/mol. The summed E-state index contributed by atoms with van der Waals surface area (Å²) in [5.41, 5.74) is 1.49. The summed E-state index contributed by atoms with van der Waals surface area (Å²) in [5.74, 6) is -0.375. The minimum Gasteiger partial charge on any atom is -0.508 e. The molecule has 3 aromatic carbocycles. The van der Waals surface area contributed by atoms with Crippen molar-refractivity contribution in [3.05, 3.63) is 89.5 Å². The molecular weight excluding hydrogens is 344 g/mol. The summed E-state index contributed by atoms with van der Waals surface area (Å²) in [6.45, 7) is 0.355. The molecular formula is C22H18O5. The van der Waals surface area contributed by atoms with Gasteiger partial charge >= 0.3 is 0 Å². The fourth-order valence-corrected chi connectivity index (χ4v) is 2.48. The lowest BCUT2D eigenvalue weighted by Gasteiger charge is -2.08. The van der Waals surface area contributed by atoms with Gasteiger partial charge in [-0.05, 0) is 42.0 Å². The van der Waals surface area contributed by atoms with Crippen LogP contribution in [-0.4, -0.2) is 21.1 Å². The smallest absolute Gasteiger partial charge is 0.189 e. The third-order valence-electron chi connectivity index (χ3n) is 3.91. The second kappa shape index (κ2) is 8.10. The van der Waals surface area contributed by atoms with Gasteiger partial charge in [-0.2, -0.15) is 0 Å². The molecule has 5 heteroatoms. The Balaban J connectivity index is 1.69. The number of phenols is 3. The van der Waals surface area contributed by atoms with Crippen LogP contribution < -0.4 is 4.74 Å². The quantitative estimate of drug-likeness (QED) is 0.450. The number of aromatic hydroxyl groups is 3. The lowest BCUT2D eigenvalue weighted by atomic mass is 10.1. The van der Waals surface area contributed by atoms with E-state index >= 15 is 0 Å². The maximum atomic E-state index is 12.3. The van der Waals surface area contributed by atoms with Gasteiger partial charge in [0.25, 0.3) is 0 Å². The molecule has 0 bridgehead atoms. The van der Waals surface area contributed by atoms with Crippen LogP contribution in [-0.2, 0) is 6.61 Å². The summed E-state index contributed by atoms with van der Waals surface area (Å²) < 4.78 is 5.62. The molecule has 0 aliphatic heterocycles. The molecule has 0 atom stereocenters. The molecule has 0 aliphatic rings. The molecule has 0 aromatic heterocycles. The van der Waals surface area contributed by atoms with Gasteiger partial charge in [0.15, 0.2) is 5.78 Å². The molecule has 0 saturated heterocycles. The number of ketones is 1. The van der Waals surface area contributed by atoms with E-state index in [9.17, 15) is 20.1 Å². The van der Waals surface area contributed by atoms with Gasteiger partial charge in [0, 0.05) is 17.7 Å². The van der Waals surface area contributed by atoms with Crippen LogP contribution in [0.25, 0.3) is 6.08 Å². The first-order valence-corrected chi connectivity index (χ1v) is 8.27. The summed E-state index contributed by atoms with van der Waals surface area (Å²) >= 11 is 0. The van der Waals surface area contributed by atoms with E-state index in [0.717, 1.165) is 5.56 Å². The predicted octanol–water partition coefficient (Wildman–Crippen LogP) is 4.28. The van der Waals surface area contributed by atoms with Crippen LogP contribution in [0, 0.1) is 0 Å². The summed E-state index contributed by atoms with van der Waals surface area (Å²) in [7, 11) is 0. The fraction of sp³-hybridized carbons (Fsp3) is 0.0455. The van der Waals surface area contributed by atoms with Crippen molar-refractivity contribution in [2.24, 2.45) is 0 Å². The highest BCUT2D eigenvalue weighted by Gasteiger charge is 2.10. The van der Waals surface area contributed by atoms with Gasteiger partial charge in [-0.3, -0.25) is 4.79 Å². The number of hydrogen-bond donors (Lipinski definition) is 3. The topological polar surface area (TPSA) is 87.0 Å². The molecule has 0 heterocycles. The van der Waals surface area contributed by atoms with Gasteiger partial charge in [0.1, 0.15) is 29.6 Å². The highest BCUT2D eigenvalue weighted by Crippen LogP contribution is 2.27. The van der Waals surface area contributed by atoms with E-state index in [0.29, 0.717) is 17.9 Å². The molecule has 0 saturated carbocycles. The molecule has 3 rings (SSSR count). The molecule has 3 aromatic rings. The molecule has 0 aliphatic carbocycles. The lowest BCUT2D eigenvalue weighted by molar-refractivity contribution is 0.104. The van der Waals surface area contributed by atoms with Crippen molar-refractivity contribution in [1.82, 2.24) is 0 Å². The van der Waals surface area contributed by atoms with Gasteiger partial charge in [-0.25, -0.2) is 0 Å².